The van der Waals surface area contributed by atoms with E-state index in [0.29, 0.717) is 12.2 Å². The van der Waals surface area contributed by atoms with Gasteiger partial charge in [-0.2, -0.15) is 13.2 Å². The van der Waals surface area contributed by atoms with Gasteiger partial charge in [0.2, 0.25) is 0 Å². The number of benzene rings is 2. The third kappa shape index (κ3) is 4.17. The van der Waals surface area contributed by atoms with E-state index in [-0.39, 0.29) is 42.7 Å². The molecule has 1 aromatic heterocycles. The Labute approximate surface area is 206 Å². The van der Waals surface area contributed by atoms with Gasteiger partial charge >= 0.3 is 23.9 Å². The number of aromatic carboxylic acids is 1. The Morgan fingerprint density at radius 3 is 2.35 bits per heavy atom. The number of fused-ring (bicyclic) bond motifs is 1. The van der Waals surface area contributed by atoms with Crippen molar-refractivity contribution in [1.29, 1.82) is 0 Å². The molecule has 9 nitrogen and oxygen atoms in total. The predicted octanol–water partition coefficient (Wildman–Crippen LogP) is 3.60. The molecule has 3 aromatic rings. The van der Waals surface area contributed by atoms with E-state index in [1.807, 2.05) is 0 Å². The maximum atomic E-state index is 13.6. The van der Waals surface area contributed by atoms with Crippen molar-refractivity contribution in [2.75, 3.05) is 18.1 Å². The van der Waals surface area contributed by atoms with E-state index in [9.17, 15) is 37.5 Å². The van der Waals surface area contributed by atoms with Gasteiger partial charge in [0, 0.05) is 11.9 Å². The highest BCUT2D eigenvalue weighted by molar-refractivity contribution is 5.89. The number of ether oxygens (including phenoxy) is 1. The molecule has 37 heavy (non-hydrogen) atoms. The van der Waals surface area contributed by atoms with E-state index in [1.165, 1.54) is 41.3 Å². The van der Waals surface area contributed by atoms with Crippen LogP contribution in [0.1, 0.15) is 45.9 Å². The lowest BCUT2D eigenvalue weighted by Gasteiger charge is -2.29. The maximum absolute atomic E-state index is 13.6. The quantitative estimate of drug-likeness (QED) is 0.569. The Hall–Kier alpha value is -4.35. The smallest absolute Gasteiger partial charge is 0.416 e. The van der Waals surface area contributed by atoms with E-state index < -0.39 is 46.7 Å². The van der Waals surface area contributed by atoms with Crippen molar-refractivity contribution in [2.45, 2.75) is 31.5 Å². The fourth-order valence-corrected chi connectivity index (χ4v) is 4.96. The van der Waals surface area contributed by atoms with Crippen molar-refractivity contribution < 1.29 is 32.6 Å². The SMILES string of the molecule is O=C(O)c1cn(-c2ccc(N3CCOC3=O)cc2)c(=O)n(C2CCCc3c2cccc3C(F)(F)F)c1=O. The number of nitrogens with zero attached hydrogens (tertiary/aromatic N) is 3. The summed E-state index contributed by atoms with van der Waals surface area (Å²) in [6.45, 7) is 0.569. The minimum atomic E-state index is -4.62. The second kappa shape index (κ2) is 8.95. The molecule has 2 heterocycles. The highest BCUT2D eigenvalue weighted by Gasteiger charge is 2.37. The van der Waals surface area contributed by atoms with Gasteiger partial charge in [-0.05, 0) is 60.7 Å². The van der Waals surface area contributed by atoms with Crippen LogP contribution < -0.4 is 16.1 Å². The van der Waals surface area contributed by atoms with Crippen LogP contribution in [0.5, 0.6) is 0 Å². The third-order valence-corrected chi connectivity index (χ3v) is 6.64. The average molecular weight is 515 g/mol. The summed E-state index contributed by atoms with van der Waals surface area (Å²) < 4.78 is 47.5. The number of rotatable bonds is 4. The van der Waals surface area contributed by atoms with Gasteiger partial charge in [-0.1, -0.05) is 12.1 Å². The molecule has 1 atom stereocenters. The van der Waals surface area contributed by atoms with Crippen LogP contribution in [-0.2, 0) is 17.3 Å². The molecule has 2 aromatic carbocycles. The number of alkyl halides is 3. The van der Waals surface area contributed by atoms with Crippen LogP contribution in [0.15, 0.2) is 58.3 Å². The zero-order chi connectivity index (χ0) is 26.5. The number of hydrogen-bond acceptors (Lipinski definition) is 5. The maximum Gasteiger partial charge on any atom is 0.416 e. The summed E-state index contributed by atoms with van der Waals surface area (Å²) in [5, 5.41) is 9.68. The number of hydrogen-bond donors (Lipinski definition) is 1. The van der Waals surface area contributed by atoms with E-state index in [4.69, 9.17) is 4.74 Å². The van der Waals surface area contributed by atoms with E-state index in [0.717, 1.165) is 21.4 Å². The Morgan fingerprint density at radius 2 is 1.73 bits per heavy atom. The van der Waals surface area contributed by atoms with Crippen LogP contribution in [0.4, 0.5) is 23.7 Å². The first-order valence-corrected chi connectivity index (χ1v) is 11.4. The topological polar surface area (TPSA) is 111 Å². The fourth-order valence-electron chi connectivity index (χ4n) is 4.96. The number of amides is 1. The van der Waals surface area contributed by atoms with Crippen LogP contribution in [0, 0.1) is 0 Å². The van der Waals surface area contributed by atoms with Gasteiger partial charge in [-0.3, -0.25) is 18.8 Å². The van der Waals surface area contributed by atoms with Gasteiger partial charge in [-0.15, -0.1) is 0 Å². The van der Waals surface area contributed by atoms with Gasteiger partial charge in [0.25, 0.3) is 5.56 Å². The molecule has 1 aliphatic carbocycles. The molecule has 0 saturated carbocycles. The highest BCUT2D eigenvalue weighted by Crippen LogP contribution is 2.40. The van der Waals surface area contributed by atoms with Gasteiger partial charge < -0.3 is 9.84 Å². The van der Waals surface area contributed by atoms with E-state index >= 15 is 0 Å². The van der Waals surface area contributed by atoms with E-state index in [1.54, 1.807) is 0 Å². The summed E-state index contributed by atoms with van der Waals surface area (Å²) in [6, 6.07) is 8.54. The van der Waals surface area contributed by atoms with Crippen molar-refractivity contribution in [1.82, 2.24) is 9.13 Å². The first-order valence-electron chi connectivity index (χ1n) is 11.4. The summed E-state index contributed by atoms with van der Waals surface area (Å²) in [5.74, 6) is -1.58. The number of aromatic nitrogens is 2. The summed E-state index contributed by atoms with van der Waals surface area (Å²) in [5.41, 5.74) is -2.67. The Bertz CT molecular complexity index is 1520. The number of carbonyl (C=O) groups is 2. The normalized spacial score (nSPS) is 17.4. The molecule has 0 bridgehead atoms. The lowest BCUT2D eigenvalue weighted by Crippen LogP contribution is -2.45. The molecule has 1 unspecified atom stereocenters. The Balaban J connectivity index is 1.67. The second-order valence-corrected chi connectivity index (χ2v) is 8.74. The molecular formula is C25H20F3N3O6. The van der Waals surface area contributed by atoms with Gasteiger partial charge in [0.05, 0.1) is 23.8 Å². The zero-order valence-corrected chi connectivity index (χ0v) is 19.2. The molecule has 0 radical (unpaired) electrons. The zero-order valence-electron chi connectivity index (χ0n) is 19.2. The van der Waals surface area contributed by atoms with E-state index in [2.05, 4.69) is 0 Å². The molecule has 5 rings (SSSR count). The number of cyclic esters (lactones) is 1. The Morgan fingerprint density at radius 1 is 1.03 bits per heavy atom. The third-order valence-electron chi connectivity index (χ3n) is 6.64. The summed E-state index contributed by atoms with van der Waals surface area (Å²) in [4.78, 5) is 51.8. The van der Waals surface area contributed by atoms with Crippen molar-refractivity contribution in [3.8, 4) is 5.69 Å². The molecule has 12 heteroatoms. The second-order valence-electron chi connectivity index (χ2n) is 8.74. The predicted molar refractivity (Wildman–Crippen MR) is 124 cm³/mol. The summed E-state index contributed by atoms with van der Waals surface area (Å²) in [6.07, 6.45) is -3.68. The van der Waals surface area contributed by atoms with Crippen molar-refractivity contribution >= 4 is 17.7 Å². The van der Waals surface area contributed by atoms with Crippen LogP contribution >= 0.6 is 0 Å². The average Bonchev–Trinajstić information content (AvgIpc) is 3.29. The lowest BCUT2D eigenvalue weighted by molar-refractivity contribution is -0.138. The molecule has 2 aliphatic rings. The van der Waals surface area contributed by atoms with Crippen molar-refractivity contribution in [3.63, 3.8) is 0 Å². The first kappa shape index (κ1) is 24.3. The summed E-state index contributed by atoms with van der Waals surface area (Å²) in [7, 11) is 0. The van der Waals surface area contributed by atoms with Gasteiger partial charge in [-0.25, -0.2) is 14.4 Å². The molecule has 192 valence electrons. The van der Waals surface area contributed by atoms with Gasteiger partial charge in [0.1, 0.15) is 12.2 Å². The molecule has 1 fully saturated rings. The number of anilines is 1. The number of carboxylic acid groups (broad SMARTS) is 1. The van der Waals surface area contributed by atoms with Crippen LogP contribution in [-0.4, -0.2) is 39.5 Å². The van der Waals surface area contributed by atoms with Gasteiger partial charge in [0.15, 0.2) is 0 Å². The number of carboxylic acids is 1. The minimum Gasteiger partial charge on any atom is -0.477 e. The largest absolute Gasteiger partial charge is 0.477 e. The monoisotopic (exact) mass is 515 g/mol. The Kier molecular flexibility index (Phi) is 5.89. The van der Waals surface area contributed by atoms with Crippen molar-refractivity contribution in [3.05, 3.63) is 91.8 Å². The van der Waals surface area contributed by atoms with Crippen LogP contribution in [0.25, 0.3) is 5.69 Å². The van der Waals surface area contributed by atoms with Crippen LogP contribution in [0.3, 0.4) is 0 Å². The first-order chi connectivity index (χ1) is 17.6. The lowest BCUT2D eigenvalue weighted by atomic mass is 9.84. The summed E-state index contributed by atoms with van der Waals surface area (Å²) >= 11 is 0. The highest BCUT2D eigenvalue weighted by atomic mass is 19.4. The number of carbonyl (C=O) groups excluding carboxylic acids is 1. The van der Waals surface area contributed by atoms with Crippen LogP contribution in [0.2, 0.25) is 0 Å². The molecule has 1 aliphatic heterocycles. The number of halogens is 3. The molecule has 1 amide bonds. The van der Waals surface area contributed by atoms with Crippen molar-refractivity contribution in [2.24, 2.45) is 0 Å². The standard InChI is InChI=1S/C25H20F3N3O6/c26-25(27,28)19-5-1-4-17-16(19)3-2-6-20(17)31-21(32)18(22(33)34)13-30(23(31)35)15-9-7-14(8-10-15)29-11-12-37-24(29)36/h1,4-5,7-10,13,20H,2-3,6,11-12H2,(H,33,34). The molecule has 0 spiro atoms. The molecule has 1 N–H and O–H groups in total. The molecular weight excluding hydrogens is 495 g/mol. The minimum absolute atomic E-state index is 0.00770. The fraction of sp³-hybridized carbons (Fsp3) is 0.280. The molecule has 1 saturated heterocycles.